The summed E-state index contributed by atoms with van der Waals surface area (Å²) in [5, 5.41) is 0. The molecular formula is C10H9BrF3IO. The standard InChI is InChI=1S/C10H9BrF3IO/c11-8-4-2-1-3-7(8)9(5-15)16-6-10(12,13)14/h1-4,9H,5-6H2. The highest BCUT2D eigenvalue weighted by Crippen LogP contribution is 2.29. The number of ether oxygens (including phenoxy) is 1. The van der Waals surface area contributed by atoms with Crippen molar-refractivity contribution in [3.05, 3.63) is 34.3 Å². The van der Waals surface area contributed by atoms with Crippen molar-refractivity contribution in [2.24, 2.45) is 0 Å². The van der Waals surface area contributed by atoms with E-state index in [4.69, 9.17) is 4.74 Å². The third kappa shape index (κ3) is 4.58. The molecule has 0 spiro atoms. The van der Waals surface area contributed by atoms with Crippen molar-refractivity contribution < 1.29 is 17.9 Å². The Balaban J connectivity index is 2.72. The highest BCUT2D eigenvalue weighted by molar-refractivity contribution is 14.1. The molecule has 0 amide bonds. The lowest BCUT2D eigenvalue weighted by atomic mass is 10.1. The number of alkyl halides is 4. The molecule has 1 nitrogen and oxygen atoms in total. The summed E-state index contributed by atoms with van der Waals surface area (Å²) in [5.41, 5.74) is 0.737. The van der Waals surface area contributed by atoms with Crippen LogP contribution in [0.3, 0.4) is 0 Å². The van der Waals surface area contributed by atoms with E-state index >= 15 is 0 Å². The monoisotopic (exact) mass is 408 g/mol. The number of hydrogen-bond donors (Lipinski definition) is 0. The van der Waals surface area contributed by atoms with Gasteiger partial charge in [0, 0.05) is 8.90 Å². The van der Waals surface area contributed by atoms with Crippen LogP contribution in [0.2, 0.25) is 0 Å². The number of hydrogen-bond acceptors (Lipinski definition) is 1. The summed E-state index contributed by atoms with van der Waals surface area (Å²) in [6.45, 7) is -1.22. The van der Waals surface area contributed by atoms with Gasteiger partial charge in [-0.15, -0.1) is 0 Å². The third-order valence-corrected chi connectivity index (χ3v) is 3.36. The summed E-state index contributed by atoms with van der Waals surface area (Å²) >= 11 is 5.30. The fourth-order valence-corrected chi connectivity index (χ4v) is 2.42. The van der Waals surface area contributed by atoms with Crippen LogP contribution >= 0.6 is 38.5 Å². The fraction of sp³-hybridized carbons (Fsp3) is 0.400. The molecule has 0 N–H and O–H groups in total. The summed E-state index contributed by atoms with van der Waals surface area (Å²) in [4.78, 5) is 0. The first-order chi connectivity index (χ1) is 7.44. The summed E-state index contributed by atoms with van der Waals surface area (Å²) in [6, 6.07) is 7.12. The molecule has 90 valence electrons. The highest BCUT2D eigenvalue weighted by atomic mass is 127. The molecule has 0 aliphatic heterocycles. The van der Waals surface area contributed by atoms with Crippen LogP contribution in [0.1, 0.15) is 11.7 Å². The van der Waals surface area contributed by atoms with Crippen LogP contribution in [-0.2, 0) is 4.74 Å². The molecule has 0 bridgehead atoms. The van der Waals surface area contributed by atoms with Gasteiger partial charge in [-0.2, -0.15) is 13.2 Å². The molecule has 0 radical (unpaired) electrons. The normalized spacial score (nSPS) is 13.8. The predicted octanol–water partition coefficient (Wildman–Crippen LogP) is 4.50. The SMILES string of the molecule is FC(F)(F)COC(CI)c1ccccc1Br. The van der Waals surface area contributed by atoms with Crippen LogP contribution in [0.25, 0.3) is 0 Å². The quantitative estimate of drug-likeness (QED) is 0.526. The van der Waals surface area contributed by atoms with Gasteiger partial charge in [0.1, 0.15) is 6.61 Å². The lowest BCUT2D eigenvalue weighted by molar-refractivity contribution is -0.183. The van der Waals surface area contributed by atoms with Gasteiger partial charge in [0.25, 0.3) is 0 Å². The molecule has 1 atom stereocenters. The second-order valence-electron chi connectivity index (χ2n) is 3.09. The number of rotatable bonds is 4. The van der Waals surface area contributed by atoms with E-state index in [0.29, 0.717) is 4.43 Å². The Morgan fingerprint density at radius 1 is 1.31 bits per heavy atom. The zero-order chi connectivity index (χ0) is 12.2. The molecule has 1 aromatic carbocycles. The Hall–Kier alpha value is 0.180. The van der Waals surface area contributed by atoms with Gasteiger partial charge in [-0.05, 0) is 11.6 Å². The minimum absolute atomic E-state index is 0.469. The first-order valence-electron chi connectivity index (χ1n) is 4.43. The van der Waals surface area contributed by atoms with Gasteiger partial charge in [-0.25, -0.2) is 0 Å². The first kappa shape index (κ1) is 14.2. The van der Waals surface area contributed by atoms with Crippen LogP contribution in [0.4, 0.5) is 13.2 Å². The average Bonchev–Trinajstić information content (AvgIpc) is 2.20. The van der Waals surface area contributed by atoms with Crippen LogP contribution in [0, 0.1) is 0 Å². The van der Waals surface area contributed by atoms with E-state index in [1.807, 2.05) is 28.7 Å². The Morgan fingerprint density at radius 2 is 1.94 bits per heavy atom. The van der Waals surface area contributed by atoms with Crippen LogP contribution in [-0.4, -0.2) is 17.2 Å². The smallest absolute Gasteiger partial charge is 0.363 e. The number of benzene rings is 1. The zero-order valence-electron chi connectivity index (χ0n) is 8.10. The van der Waals surface area contributed by atoms with E-state index in [0.717, 1.165) is 10.0 Å². The molecule has 6 heteroatoms. The van der Waals surface area contributed by atoms with Crippen molar-refractivity contribution in [1.82, 2.24) is 0 Å². The Bertz CT molecular complexity index is 343. The van der Waals surface area contributed by atoms with Gasteiger partial charge in [0.15, 0.2) is 0 Å². The molecule has 0 saturated heterocycles. The molecular weight excluding hydrogens is 400 g/mol. The lowest BCUT2D eigenvalue weighted by Gasteiger charge is -2.18. The van der Waals surface area contributed by atoms with E-state index in [-0.39, 0.29) is 0 Å². The molecule has 0 heterocycles. The molecule has 1 rings (SSSR count). The minimum Gasteiger partial charge on any atom is -0.363 e. The topological polar surface area (TPSA) is 9.23 Å². The van der Waals surface area contributed by atoms with Gasteiger partial charge >= 0.3 is 6.18 Å². The Kier molecular flexibility index (Phi) is 5.52. The van der Waals surface area contributed by atoms with E-state index in [1.165, 1.54) is 0 Å². The molecule has 0 aromatic heterocycles. The molecule has 0 aliphatic carbocycles. The Labute approximate surface area is 114 Å². The first-order valence-corrected chi connectivity index (χ1v) is 6.74. The lowest BCUT2D eigenvalue weighted by Crippen LogP contribution is -2.20. The maximum Gasteiger partial charge on any atom is 0.411 e. The van der Waals surface area contributed by atoms with Crippen LogP contribution in [0.15, 0.2) is 28.7 Å². The van der Waals surface area contributed by atoms with Crippen molar-refractivity contribution in [3.63, 3.8) is 0 Å². The summed E-state index contributed by atoms with van der Waals surface area (Å²) in [7, 11) is 0. The highest BCUT2D eigenvalue weighted by Gasteiger charge is 2.29. The predicted molar refractivity (Wildman–Crippen MR) is 67.8 cm³/mol. The Morgan fingerprint density at radius 3 is 2.44 bits per heavy atom. The fourth-order valence-electron chi connectivity index (χ4n) is 1.15. The van der Waals surface area contributed by atoms with Gasteiger partial charge in [-0.3, -0.25) is 0 Å². The van der Waals surface area contributed by atoms with Gasteiger partial charge in [0.2, 0.25) is 0 Å². The molecule has 0 aliphatic rings. The average molecular weight is 409 g/mol. The second kappa shape index (κ2) is 6.20. The summed E-state index contributed by atoms with van der Waals surface area (Å²) < 4.78 is 42.2. The molecule has 1 unspecified atom stereocenters. The maximum atomic E-state index is 12.0. The van der Waals surface area contributed by atoms with E-state index < -0.39 is 18.9 Å². The number of halogens is 5. The van der Waals surface area contributed by atoms with Gasteiger partial charge < -0.3 is 4.74 Å². The van der Waals surface area contributed by atoms with E-state index in [2.05, 4.69) is 15.9 Å². The minimum atomic E-state index is -4.29. The molecule has 1 aromatic rings. The summed E-state index contributed by atoms with van der Waals surface area (Å²) in [5.74, 6) is 0. The summed E-state index contributed by atoms with van der Waals surface area (Å²) in [6.07, 6.45) is -4.83. The second-order valence-corrected chi connectivity index (χ2v) is 4.83. The van der Waals surface area contributed by atoms with E-state index in [9.17, 15) is 13.2 Å². The van der Waals surface area contributed by atoms with Crippen LogP contribution < -0.4 is 0 Å². The van der Waals surface area contributed by atoms with Crippen molar-refractivity contribution in [2.75, 3.05) is 11.0 Å². The van der Waals surface area contributed by atoms with E-state index in [1.54, 1.807) is 18.2 Å². The van der Waals surface area contributed by atoms with Crippen molar-refractivity contribution in [2.45, 2.75) is 12.3 Å². The largest absolute Gasteiger partial charge is 0.411 e. The zero-order valence-corrected chi connectivity index (χ0v) is 11.8. The van der Waals surface area contributed by atoms with Gasteiger partial charge in [-0.1, -0.05) is 56.7 Å². The molecule has 16 heavy (non-hydrogen) atoms. The third-order valence-electron chi connectivity index (χ3n) is 1.84. The van der Waals surface area contributed by atoms with Crippen LogP contribution in [0.5, 0.6) is 0 Å². The maximum absolute atomic E-state index is 12.0. The van der Waals surface area contributed by atoms with Crippen molar-refractivity contribution in [1.29, 1.82) is 0 Å². The van der Waals surface area contributed by atoms with Crippen molar-refractivity contribution in [3.8, 4) is 0 Å². The van der Waals surface area contributed by atoms with Crippen molar-refractivity contribution >= 4 is 38.5 Å². The molecule has 0 fully saturated rings. The van der Waals surface area contributed by atoms with Gasteiger partial charge in [0.05, 0.1) is 6.10 Å². The molecule has 0 saturated carbocycles.